The van der Waals surface area contributed by atoms with Crippen LogP contribution < -0.4 is 16.4 Å². The average molecular weight is 672 g/mol. The molecule has 0 radical (unpaired) electrons. The number of anilines is 1. The third kappa shape index (κ3) is 7.44. The van der Waals surface area contributed by atoms with Gasteiger partial charge in [0.1, 0.15) is 16.9 Å². The van der Waals surface area contributed by atoms with Gasteiger partial charge in [-0.25, -0.2) is 4.79 Å². The number of nitrogens with two attached hydrogens (primary N) is 1. The van der Waals surface area contributed by atoms with Crippen molar-refractivity contribution < 1.29 is 19.1 Å². The molecule has 4 aromatic rings. The number of rotatable bonds is 9. The Kier molecular flexibility index (Phi) is 10.5. The number of methoxy groups -OCH3 is 1. The van der Waals surface area contributed by atoms with Gasteiger partial charge in [-0.05, 0) is 63.1 Å². The summed E-state index contributed by atoms with van der Waals surface area (Å²) in [6.07, 6.45) is 0.623. The third-order valence-electron chi connectivity index (χ3n) is 7.67. The van der Waals surface area contributed by atoms with Crippen LogP contribution in [0.3, 0.4) is 0 Å². The number of carbonyl (C=O) groups is 3. The Balaban J connectivity index is 1.25. The quantitative estimate of drug-likeness (QED) is 0.131. The lowest BCUT2D eigenvalue weighted by atomic mass is 9.99. The smallest absolute Gasteiger partial charge is 0.339 e. The van der Waals surface area contributed by atoms with E-state index in [1.54, 1.807) is 29.5 Å². The molecule has 4 N–H and O–H groups in total. The summed E-state index contributed by atoms with van der Waals surface area (Å²) in [6.45, 7) is 6.45. The van der Waals surface area contributed by atoms with Crippen LogP contribution >= 0.6 is 22.9 Å². The summed E-state index contributed by atoms with van der Waals surface area (Å²) in [4.78, 5) is 44.2. The zero-order chi connectivity index (χ0) is 33.7. The van der Waals surface area contributed by atoms with Gasteiger partial charge in [0.15, 0.2) is 5.82 Å². The van der Waals surface area contributed by atoms with E-state index in [1.807, 2.05) is 35.8 Å². The number of nitrogens with zero attached hydrogens (tertiary/aromatic N) is 4. The number of nitrogens with one attached hydrogen (secondary N) is 2. The number of aliphatic imine (C=N–C) groups is 1. The predicted molar refractivity (Wildman–Crippen MR) is 182 cm³/mol. The van der Waals surface area contributed by atoms with Crippen molar-refractivity contribution in [1.29, 1.82) is 0 Å². The van der Waals surface area contributed by atoms with Crippen molar-refractivity contribution in [2.75, 3.05) is 25.5 Å². The van der Waals surface area contributed by atoms with Gasteiger partial charge in [0.2, 0.25) is 11.8 Å². The van der Waals surface area contributed by atoms with Crippen LogP contribution in [0.4, 0.5) is 5.69 Å². The molecule has 0 unspecified atom stereocenters. The van der Waals surface area contributed by atoms with Crippen LogP contribution in [0.15, 0.2) is 47.5 Å². The van der Waals surface area contributed by atoms with E-state index < -0.39 is 12.0 Å². The molecule has 0 aliphatic carbocycles. The molecule has 11 nitrogen and oxygen atoms in total. The van der Waals surface area contributed by atoms with E-state index in [1.165, 1.54) is 7.11 Å². The summed E-state index contributed by atoms with van der Waals surface area (Å²) in [7, 11) is 1.29. The molecule has 2 amide bonds. The van der Waals surface area contributed by atoms with Crippen LogP contribution in [-0.4, -0.2) is 58.5 Å². The SMILES string of the molecule is COC(=O)c1ccc(NC(=O)CCCNC(=O)C[C@@H]2N=C(c3ccc(Cl)cc3)c3c(sc(C)c3C)-n3c(C)nnc32)cc1C#CCN. The number of aryl methyl sites for hydroxylation is 2. The standard InChI is InChI=1S/C34H34ClN7O4S/c1-19-20(2)47-33-30(19)31(22-9-11-24(35)12-10-22)39-27(32-41-40-21(3)42(32)33)18-29(44)37-16-6-8-28(43)38-25-13-14-26(34(45)46-4)23(17-25)7-5-15-36/h9-14,17,27H,6,8,15-16,18,36H2,1-4H3,(H,37,44)(H,38,43)/t27-/m0/s1. The minimum atomic E-state index is -0.589. The minimum absolute atomic E-state index is 0.0492. The molecule has 0 spiro atoms. The average Bonchev–Trinajstić information content (AvgIpc) is 3.53. The zero-order valence-electron chi connectivity index (χ0n) is 26.4. The van der Waals surface area contributed by atoms with Gasteiger partial charge < -0.3 is 21.1 Å². The van der Waals surface area contributed by atoms with E-state index in [0.717, 1.165) is 32.3 Å². The molecule has 0 bridgehead atoms. The number of thiophene rings is 1. The van der Waals surface area contributed by atoms with Gasteiger partial charge in [0.25, 0.3) is 0 Å². The predicted octanol–water partition coefficient (Wildman–Crippen LogP) is 4.82. The summed E-state index contributed by atoms with van der Waals surface area (Å²) >= 11 is 7.84. The van der Waals surface area contributed by atoms with Crippen molar-refractivity contribution in [3.63, 3.8) is 0 Å². The second-order valence-electron chi connectivity index (χ2n) is 10.9. The number of aromatic nitrogens is 3. The molecule has 1 aliphatic rings. The number of hydrogen-bond donors (Lipinski definition) is 3. The zero-order valence-corrected chi connectivity index (χ0v) is 28.0. The lowest BCUT2D eigenvalue weighted by Gasteiger charge is -2.13. The highest BCUT2D eigenvalue weighted by atomic mass is 35.5. The van der Waals surface area contributed by atoms with Crippen molar-refractivity contribution in [3.8, 4) is 16.8 Å². The second-order valence-corrected chi connectivity index (χ2v) is 12.5. The molecule has 5 rings (SSSR count). The van der Waals surface area contributed by atoms with E-state index in [4.69, 9.17) is 27.1 Å². The Morgan fingerprint density at radius 1 is 1.09 bits per heavy atom. The first-order valence-electron chi connectivity index (χ1n) is 15.0. The van der Waals surface area contributed by atoms with Crippen molar-refractivity contribution in [2.24, 2.45) is 10.7 Å². The molecular formula is C34H34ClN7O4S. The van der Waals surface area contributed by atoms with Crippen LogP contribution in [0.5, 0.6) is 0 Å². The molecule has 242 valence electrons. The maximum atomic E-state index is 13.2. The summed E-state index contributed by atoms with van der Waals surface area (Å²) < 4.78 is 6.81. The molecule has 47 heavy (non-hydrogen) atoms. The molecule has 0 saturated heterocycles. The van der Waals surface area contributed by atoms with Crippen LogP contribution in [0.1, 0.15) is 74.4 Å². The summed E-state index contributed by atoms with van der Waals surface area (Å²) in [5.41, 5.74) is 10.4. The van der Waals surface area contributed by atoms with Crippen LogP contribution in [0.25, 0.3) is 5.00 Å². The molecule has 1 atom stereocenters. The van der Waals surface area contributed by atoms with Crippen molar-refractivity contribution >= 4 is 52.1 Å². The molecule has 3 heterocycles. The number of esters is 1. The highest BCUT2D eigenvalue weighted by Gasteiger charge is 2.32. The van der Waals surface area contributed by atoms with Gasteiger partial charge in [-0.3, -0.25) is 19.1 Å². The lowest BCUT2D eigenvalue weighted by Crippen LogP contribution is -2.27. The number of fused-ring (bicyclic) bond motifs is 3. The topological polar surface area (TPSA) is 154 Å². The fraction of sp³-hybridized carbons (Fsp3) is 0.294. The van der Waals surface area contributed by atoms with Crippen LogP contribution in [0.2, 0.25) is 5.02 Å². The number of benzene rings is 2. The largest absolute Gasteiger partial charge is 0.465 e. The van der Waals surface area contributed by atoms with Crippen LogP contribution in [-0.2, 0) is 14.3 Å². The first kappa shape index (κ1) is 33.5. The Labute approximate surface area is 281 Å². The van der Waals surface area contributed by atoms with Crippen LogP contribution in [0, 0.1) is 32.6 Å². The van der Waals surface area contributed by atoms with E-state index in [9.17, 15) is 14.4 Å². The number of hydrogen-bond acceptors (Lipinski definition) is 9. The highest BCUT2D eigenvalue weighted by molar-refractivity contribution is 7.15. The molecule has 0 fully saturated rings. The third-order valence-corrected chi connectivity index (χ3v) is 9.12. The summed E-state index contributed by atoms with van der Waals surface area (Å²) in [6, 6.07) is 11.7. The lowest BCUT2D eigenvalue weighted by molar-refractivity contribution is -0.122. The van der Waals surface area contributed by atoms with E-state index in [-0.39, 0.29) is 36.8 Å². The van der Waals surface area contributed by atoms with Crippen molar-refractivity contribution in [2.45, 2.75) is 46.1 Å². The second kappa shape index (κ2) is 14.7. The van der Waals surface area contributed by atoms with Gasteiger partial charge >= 0.3 is 5.97 Å². The molecular weight excluding hydrogens is 638 g/mol. The first-order valence-corrected chi connectivity index (χ1v) is 16.1. The Morgan fingerprint density at radius 2 is 1.85 bits per heavy atom. The monoisotopic (exact) mass is 671 g/mol. The highest BCUT2D eigenvalue weighted by Crippen LogP contribution is 2.39. The number of amides is 2. The maximum Gasteiger partial charge on any atom is 0.339 e. The first-order chi connectivity index (χ1) is 22.6. The Bertz CT molecular complexity index is 1940. The van der Waals surface area contributed by atoms with Gasteiger partial charge in [-0.15, -0.1) is 21.5 Å². The van der Waals surface area contributed by atoms with Gasteiger partial charge in [-0.1, -0.05) is 35.6 Å². The maximum absolute atomic E-state index is 13.2. The molecule has 0 saturated carbocycles. The molecule has 13 heteroatoms. The van der Waals surface area contributed by atoms with Gasteiger partial charge in [0.05, 0.1) is 31.4 Å². The number of carbonyl (C=O) groups excluding carboxylic acids is 3. The molecule has 1 aliphatic heterocycles. The minimum Gasteiger partial charge on any atom is -0.465 e. The van der Waals surface area contributed by atoms with E-state index in [2.05, 4.69) is 46.5 Å². The summed E-state index contributed by atoms with van der Waals surface area (Å²) in [5, 5.41) is 16.1. The number of ether oxygens (including phenoxy) is 1. The summed E-state index contributed by atoms with van der Waals surface area (Å²) in [5.74, 6) is 5.85. The fourth-order valence-corrected chi connectivity index (χ4v) is 6.58. The Hall–Kier alpha value is -4.83. The molecule has 2 aromatic heterocycles. The van der Waals surface area contributed by atoms with E-state index in [0.29, 0.717) is 40.9 Å². The fourth-order valence-electron chi connectivity index (χ4n) is 5.24. The van der Waals surface area contributed by atoms with Gasteiger partial charge in [-0.2, -0.15) is 0 Å². The van der Waals surface area contributed by atoms with Crippen molar-refractivity contribution in [1.82, 2.24) is 20.1 Å². The number of halogens is 1. The van der Waals surface area contributed by atoms with E-state index >= 15 is 0 Å². The Morgan fingerprint density at radius 3 is 2.57 bits per heavy atom. The normalized spacial score (nSPS) is 13.3. The van der Waals surface area contributed by atoms with Gasteiger partial charge in [0, 0.05) is 45.2 Å². The molecule has 2 aromatic carbocycles. The van der Waals surface area contributed by atoms with Crippen molar-refractivity contribution in [3.05, 3.63) is 91.8 Å².